The number of rotatable bonds is 8. The molecule has 0 radical (unpaired) electrons. The normalized spacial score (nSPS) is 25.2. The predicted molar refractivity (Wildman–Crippen MR) is 84.5 cm³/mol. The Hall–Kier alpha value is -1.24. The van der Waals surface area contributed by atoms with Gasteiger partial charge in [0.15, 0.2) is 0 Å². The molecule has 0 saturated heterocycles. The van der Waals surface area contributed by atoms with Gasteiger partial charge in [-0.05, 0) is 25.7 Å². The van der Waals surface area contributed by atoms with Crippen LogP contribution in [-0.4, -0.2) is 34.3 Å². The molecule has 1 saturated carbocycles. The quantitative estimate of drug-likeness (QED) is 0.490. The van der Waals surface area contributed by atoms with Crippen LogP contribution in [0, 0.1) is 17.8 Å². The zero-order valence-corrected chi connectivity index (χ0v) is 15.5. The molecule has 3 atom stereocenters. The van der Waals surface area contributed by atoms with Crippen molar-refractivity contribution in [1.82, 2.24) is 9.44 Å². The van der Waals surface area contributed by atoms with E-state index in [0.29, 0.717) is 6.42 Å². The lowest BCUT2D eigenvalue weighted by molar-refractivity contribution is -0.123. The Balaban J connectivity index is 2.59. The summed E-state index contributed by atoms with van der Waals surface area (Å²) in [6, 6.07) is 0. The maximum atomic E-state index is 11.8. The summed E-state index contributed by atoms with van der Waals surface area (Å²) < 4.78 is 53.8. The summed E-state index contributed by atoms with van der Waals surface area (Å²) in [5.41, 5.74) is -1.04. The Labute approximate surface area is 141 Å². The van der Waals surface area contributed by atoms with E-state index in [0.717, 1.165) is 0 Å². The molecule has 1 aliphatic carbocycles. The Morgan fingerprint density at radius 3 is 2.17 bits per heavy atom. The maximum Gasteiger partial charge on any atom is 0.362 e. The van der Waals surface area contributed by atoms with Crippen LogP contribution in [0.2, 0.25) is 0 Å². The summed E-state index contributed by atoms with van der Waals surface area (Å²) in [4.78, 5) is 23.1. The lowest BCUT2D eigenvalue weighted by atomic mass is 10.0. The largest absolute Gasteiger partial charge is 0.362 e. The van der Waals surface area contributed by atoms with Crippen LogP contribution in [0.1, 0.15) is 40.5 Å². The van der Waals surface area contributed by atoms with E-state index in [-0.39, 0.29) is 12.3 Å². The molecular formula is C12H23N3O7S2. The predicted octanol–water partition coefficient (Wildman–Crippen LogP) is -0.855. The van der Waals surface area contributed by atoms with Crippen molar-refractivity contribution in [3.05, 3.63) is 0 Å². The highest BCUT2D eigenvalue weighted by Crippen LogP contribution is 2.50. The van der Waals surface area contributed by atoms with Gasteiger partial charge in [0.1, 0.15) is 0 Å². The highest BCUT2D eigenvalue weighted by molar-refractivity contribution is 7.87. The van der Waals surface area contributed by atoms with Crippen molar-refractivity contribution in [2.45, 2.75) is 46.1 Å². The van der Waals surface area contributed by atoms with E-state index in [4.69, 9.17) is 9.32 Å². The Morgan fingerprint density at radius 1 is 1.17 bits per heavy atom. The molecule has 24 heavy (non-hydrogen) atoms. The first kappa shape index (κ1) is 20.8. The molecule has 1 rings (SSSR count). The molecule has 0 aromatic rings. The van der Waals surface area contributed by atoms with Gasteiger partial charge >= 0.3 is 10.3 Å². The Morgan fingerprint density at radius 2 is 1.71 bits per heavy atom. The van der Waals surface area contributed by atoms with Crippen molar-refractivity contribution in [2.24, 2.45) is 22.9 Å². The van der Waals surface area contributed by atoms with Crippen molar-refractivity contribution in [3.8, 4) is 0 Å². The monoisotopic (exact) mass is 385 g/mol. The number of nitrogens with one attached hydrogen (secondary N) is 2. The van der Waals surface area contributed by atoms with Crippen molar-refractivity contribution >= 4 is 32.3 Å². The fourth-order valence-electron chi connectivity index (χ4n) is 2.15. The zero-order chi connectivity index (χ0) is 18.9. The van der Waals surface area contributed by atoms with Crippen LogP contribution in [-0.2, 0) is 34.3 Å². The van der Waals surface area contributed by atoms with Gasteiger partial charge < -0.3 is 0 Å². The van der Waals surface area contributed by atoms with E-state index >= 15 is 0 Å². The summed E-state index contributed by atoms with van der Waals surface area (Å²) in [6.07, 6.45) is 0.572. The maximum absolute atomic E-state index is 11.8. The first-order chi connectivity index (χ1) is 10.7. The molecule has 2 amide bonds. The third-order valence-electron chi connectivity index (χ3n) is 3.73. The molecular weight excluding hydrogens is 362 g/mol. The highest BCUT2D eigenvalue weighted by Gasteiger charge is 2.55. The van der Waals surface area contributed by atoms with E-state index in [1.165, 1.54) is 20.8 Å². The van der Waals surface area contributed by atoms with Gasteiger partial charge in [-0.3, -0.25) is 9.59 Å². The van der Waals surface area contributed by atoms with Crippen LogP contribution >= 0.6 is 0 Å². The molecule has 3 unspecified atom stereocenters. The lowest BCUT2D eigenvalue weighted by Gasteiger charge is -2.16. The van der Waals surface area contributed by atoms with E-state index < -0.39 is 49.8 Å². The molecule has 12 heteroatoms. The zero-order valence-electron chi connectivity index (χ0n) is 13.9. The first-order valence-electron chi connectivity index (χ1n) is 7.27. The Kier molecular flexibility index (Phi) is 6.02. The minimum atomic E-state index is -4.25. The number of hydrogen-bond donors (Lipinski definition) is 3. The van der Waals surface area contributed by atoms with Gasteiger partial charge in [0, 0.05) is 11.8 Å². The summed E-state index contributed by atoms with van der Waals surface area (Å²) in [5.74, 6) is -2.95. The van der Waals surface area contributed by atoms with E-state index in [9.17, 15) is 26.4 Å². The Bertz CT molecular complexity index is 717. The molecule has 4 N–H and O–H groups in total. The third-order valence-corrected chi connectivity index (χ3v) is 5.27. The number of nitrogens with two attached hydrogens (primary N) is 1. The van der Waals surface area contributed by atoms with E-state index in [2.05, 4.69) is 0 Å². The van der Waals surface area contributed by atoms with E-state index in [1.54, 1.807) is 11.6 Å². The van der Waals surface area contributed by atoms with Crippen molar-refractivity contribution < 1.29 is 30.6 Å². The molecule has 140 valence electrons. The van der Waals surface area contributed by atoms with Crippen LogP contribution in [0.3, 0.4) is 0 Å². The van der Waals surface area contributed by atoms with Gasteiger partial charge in [0.05, 0.1) is 5.60 Å². The summed E-state index contributed by atoms with van der Waals surface area (Å²) in [5, 5.41) is 4.72. The molecule has 0 spiro atoms. The lowest BCUT2D eigenvalue weighted by Crippen LogP contribution is -2.39. The van der Waals surface area contributed by atoms with Crippen LogP contribution in [0.5, 0.6) is 0 Å². The standard InChI is InChI=1S/C12H23N3O7S2/c1-7(2)10(16)15-24(20,21)22-12(4)6-9(12)5-8(3)11(17)14-23(13,18)19/h7-9H,5-6H2,1-4H3,(H,14,17)(H,15,16)(H2,13,18,19). The van der Waals surface area contributed by atoms with Crippen molar-refractivity contribution in [2.75, 3.05) is 0 Å². The van der Waals surface area contributed by atoms with Gasteiger partial charge in [0.25, 0.3) is 10.2 Å². The average molecular weight is 385 g/mol. The molecule has 1 aliphatic rings. The first-order valence-corrected chi connectivity index (χ1v) is 10.2. The molecule has 0 bridgehead atoms. The van der Waals surface area contributed by atoms with E-state index in [1.807, 2.05) is 4.72 Å². The fraction of sp³-hybridized carbons (Fsp3) is 0.833. The minimum Gasteiger partial charge on any atom is -0.274 e. The van der Waals surface area contributed by atoms with Crippen LogP contribution in [0.25, 0.3) is 0 Å². The average Bonchev–Trinajstić information content (AvgIpc) is 2.94. The second kappa shape index (κ2) is 6.94. The topological polar surface area (TPSA) is 162 Å². The van der Waals surface area contributed by atoms with Gasteiger partial charge in [-0.1, -0.05) is 20.8 Å². The minimum absolute atomic E-state index is 0.214. The highest BCUT2D eigenvalue weighted by atomic mass is 32.2. The third kappa shape index (κ3) is 6.34. The fourth-order valence-corrected chi connectivity index (χ4v) is 3.86. The number of carbonyl (C=O) groups is 2. The van der Waals surface area contributed by atoms with Gasteiger partial charge in [-0.15, -0.1) is 0 Å². The van der Waals surface area contributed by atoms with Gasteiger partial charge in [0.2, 0.25) is 11.8 Å². The van der Waals surface area contributed by atoms with Gasteiger partial charge in [-0.2, -0.15) is 16.8 Å². The summed E-state index contributed by atoms with van der Waals surface area (Å²) in [6.45, 7) is 6.12. The van der Waals surface area contributed by atoms with Crippen LogP contribution < -0.4 is 14.6 Å². The SMILES string of the molecule is CC(C)C(=O)NS(=O)(=O)OC1(C)CC1CC(C)C(=O)NS(N)(=O)=O. The number of amides is 2. The second-order valence-electron chi connectivity index (χ2n) is 6.52. The van der Waals surface area contributed by atoms with Crippen molar-refractivity contribution in [3.63, 3.8) is 0 Å². The molecule has 0 aliphatic heterocycles. The van der Waals surface area contributed by atoms with Crippen LogP contribution in [0.15, 0.2) is 0 Å². The smallest absolute Gasteiger partial charge is 0.274 e. The van der Waals surface area contributed by atoms with Crippen molar-refractivity contribution in [1.29, 1.82) is 0 Å². The molecule has 10 nitrogen and oxygen atoms in total. The number of carbonyl (C=O) groups excluding carboxylic acids is 2. The molecule has 0 aromatic heterocycles. The van der Waals surface area contributed by atoms with Gasteiger partial charge in [-0.25, -0.2) is 18.8 Å². The molecule has 0 aromatic carbocycles. The second-order valence-corrected chi connectivity index (χ2v) is 9.09. The summed E-state index contributed by atoms with van der Waals surface area (Å²) >= 11 is 0. The molecule has 0 heterocycles. The number of hydrogen-bond acceptors (Lipinski definition) is 7. The summed E-state index contributed by atoms with van der Waals surface area (Å²) in [7, 11) is -8.39. The van der Waals surface area contributed by atoms with Crippen LogP contribution in [0.4, 0.5) is 0 Å². The molecule has 1 fully saturated rings.